The van der Waals surface area contributed by atoms with Crippen LogP contribution in [0.1, 0.15) is 10.4 Å². The number of thiol groups is 1. The molecule has 0 bridgehead atoms. The zero-order valence-electron chi connectivity index (χ0n) is 12.5. The molecule has 0 radical (unpaired) electrons. The summed E-state index contributed by atoms with van der Waals surface area (Å²) in [5.74, 6) is -0.439. The van der Waals surface area contributed by atoms with Gasteiger partial charge in [0.15, 0.2) is 0 Å². The number of benzene rings is 3. The van der Waals surface area contributed by atoms with Crippen molar-refractivity contribution in [3.05, 3.63) is 72.3 Å². The molecule has 24 heavy (non-hydrogen) atoms. The molecule has 0 heterocycles. The molecule has 0 spiro atoms. The number of hydrogen-bond acceptors (Lipinski definition) is 4. The highest BCUT2D eigenvalue weighted by molar-refractivity contribution is 7.85. The van der Waals surface area contributed by atoms with Crippen LogP contribution in [0, 0.1) is 0 Å². The second-order valence-corrected chi connectivity index (χ2v) is 6.77. The lowest BCUT2D eigenvalue weighted by molar-refractivity contribution is 0.0997. The molecule has 3 rings (SSSR count). The van der Waals surface area contributed by atoms with Gasteiger partial charge < -0.3 is 5.73 Å². The lowest BCUT2D eigenvalue weighted by Crippen LogP contribution is -2.11. The van der Waals surface area contributed by atoms with E-state index in [4.69, 9.17) is 10.3 Å². The molecule has 0 unspecified atom stereocenters. The van der Waals surface area contributed by atoms with Crippen molar-refractivity contribution in [3.8, 4) is 0 Å². The zero-order chi connectivity index (χ0) is 17.7. The highest BCUT2D eigenvalue weighted by Gasteiger charge is 2.08. The Morgan fingerprint density at radius 1 is 0.917 bits per heavy atom. The van der Waals surface area contributed by atoms with E-state index in [1.165, 1.54) is 12.1 Å². The third kappa shape index (κ3) is 4.58. The van der Waals surface area contributed by atoms with Crippen molar-refractivity contribution in [2.75, 3.05) is 0 Å². The van der Waals surface area contributed by atoms with Gasteiger partial charge in [0.05, 0.1) is 10.5 Å². The second-order valence-electron chi connectivity index (χ2n) is 4.87. The normalized spacial score (nSPS) is 10.8. The first kappa shape index (κ1) is 18.0. The number of carbonyl (C=O) groups is 1. The molecule has 3 aromatic carbocycles. The molecule has 0 aliphatic heterocycles. The maximum Gasteiger partial charge on any atom is 0.294 e. The predicted molar refractivity (Wildman–Crippen MR) is 96.0 cm³/mol. The van der Waals surface area contributed by atoms with Gasteiger partial charge in [-0.05, 0) is 35.0 Å². The average Bonchev–Trinajstić information content (AvgIpc) is 2.54. The number of fused-ring (bicyclic) bond motifs is 1. The Morgan fingerprint density at radius 3 is 2.04 bits per heavy atom. The Labute approximate surface area is 145 Å². The quantitative estimate of drug-likeness (QED) is 0.482. The zero-order valence-corrected chi connectivity index (χ0v) is 14.2. The van der Waals surface area contributed by atoms with Crippen LogP contribution < -0.4 is 5.73 Å². The summed E-state index contributed by atoms with van der Waals surface area (Å²) in [6.45, 7) is 0. The Bertz CT molecular complexity index is 985. The lowest BCUT2D eigenvalue weighted by Gasteiger charge is -1.99. The second kappa shape index (κ2) is 7.48. The minimum atomic E-state index is -4.09. The summed E-state index contributed by atoms with van der Waals surface area (Å²) in [6, 6.07) is 18.8. The molecule has 0 aromatic heterocycles. The van der Waals surface area contributed by atoms with Crippen LogP contribution in [0.25, 0.3) is 10.8 Å². The van der Waals surface area contributed by atoms with E-state index in [-0.39, 0.29) is 4.90 Å². The van der Waals surface area contributed by atoms with Crippen molar-refractivity contribution < 1.29 is 17.8 Å². The molecule has 5 nitrogen and oxygen atoms in total. The van der Waals surface area contributed by atoms with Gasteiger partial charge in [-0.25, -0.2) is 0 Å². The summed E-state index contributed by atoms with van der Waals surface area (Å²) in [4.78, 5) is 11.1. The van der Waals surface area contributed by atoms with Gasteiger partial charge >= 0.3 is 0 Å². The Kier molecular flexibility index (Phi) is 5.61. The molecule has 7 heteroatoms. The van der Waals surface area contributed by atoms with Gasteiger partial charge in [-0.1, -0.05) is 42.5 Å². The van der Waals surface area contributed by atoms with E-state index in [1.54, 1.807) is 36.4 Å². The van der Waals surface area contributed by atoms with Crippen molar-refractivity contribution >= 4 is 39.4 Å². The molecule has 0 atom stereocenters. The van der Waals surface area contributed by atoms with Crippen LogP contribution in [0.5, 0.6) is 0 Å². The molecule has 0 aliphatic rings. The number of nitrogens with two attached hydrogens (primary N) is 1. The summed E-state index contributed by atoms with van der Waals surface area (Å²) < 4.78 is 30.5. The number of rotatable bonds is 2. The predicted octanol–water partition coefficient (Wildman–Crippen LogP) is 3.16. The topological polar surface area (TPSA) is 97.5 Å². The van der Waals surface area contributed by atoms with Gasteiger partial charge in [-0.3, -0.25) is 9.35 Å². The SMILES string of the molecule is NC(=O)c1ccccc1S.O=S(=O)(O)c1ccc2ccccc2c1. The van der Waals surface area contributed by atoms with Gasteiger partial charge in [0, 0.05) is 4.90 Å². The molecule has 3 N–H and O–H groups in total. The molecule has 0 aliphatic carbocycles. The first-order chi connectivity index (χ1) is 11.3. The van der Waals surface area contributed by atoms with Crippen LogP contribution in [0.4, 0.5) is 0 Å². The van der Waals surface area contributed by atoms with E-state index in [2.05, 4.69) is 12.6 Å². The molecule has 0 saturated heterocycles. The smallest absolute Gasteiger partial charge is 0.294 e. The van der Waals surface area contributed by atoms with Gasteiger partial charge in [0.2, 0.25) is 5.91 Å². The minimum Gasteiger partial charge on any atom is -0.366 e. The molecule has 124 valence electrons. The third-order valence-corrected chi connectivity index (χ3v) is 4.43. The minimum absolute atomic E-state index is 0.0730. The molecule has 0 fully saturated rings. The van der Waals surface area contributed by atoms with Crippen molar-refractivity contribution in [2.24, 2.45) is 5.73 Å². The fourth-order valence-electron chi connectivity index (χ4n) is 2.01. The van der Waals surface area contributed by atoms with Crippen LogP contribution in [-0.4, -0.2) is 18.9 Å². The van der Waals surface area contributed by atoms with Crippen LogP contribution in [0.15, 0.2) is 76.5 Å². The van der Waals surface area contributed by atoms with E-state index in [9.17, 15) is 13.2 Å². The third-order valence-electron chi connectivity index (χ3n) is 3.19. The maximum atomic E-state index is 10.8. The monoisotopic (exact) mass is 361 g/mol. The highest BCUT2D eigenvalue weighted by atomic mass is 32.2. The van der Waals surface area contributed by atoms with E-state index in [0.29, 0.717) is 10.5 Å². The van der Waals surface area contributed by atoms with E-state index < -0.39 is 16.0 Å². The van der Waals surface area contributed by atoms with Gasteiger partial charge in [-0.15, -0.1) is 12.6 Å². The van der Waals surface area contributed by atoms with Gasteiger partial charge in [-0.2, -0.15) is 8.42 Å². The van der Waals surface area contributed by atoms with Crippen LogP contribution >= 0.6 is 12.6 Å². The summed E-state index contributed by atoms with van der Waals surface area (Å²) in [5.41, 5.74) is 5.49. The number of carbonyl (C=O) groups excluding carboxylic acids is 1. The van der Waals surface area contributed by atoms with Crippen molar-refractivity contribution in [1.29, 1.82) is 0 Å². The Balaban J connectivity index is 0.000000185. The summed E-state index contributed by atoms with van der Waals surface area (Å²) in [6.07, 6.45) is 0. The largest absolute Gasteiger partial charge is 0.366 e. The molecular formula is C17H15NO4S2. The van der Waals surface area contributed by atoms with Crippen LogP contribution in [0.3, 0.4) is 0 Å². The Morgan fingerprint density at radius 2 is 1.50 bits per heavy atom. The molecule has 3 aromatic rings. The van der Waals surface area contributed by atoms with E-state index in [1.807, 2.05) is 18.2 Å². The molecular weight excluding hydrogens is 346 g/mol. The van der Waals surface area contributed by atoms with E-state index >= 15 is 0 Å². The number of amides is 1. The van der Waals surface area contributed by atoms with Gasteiger partial charge in [0.1, 0.15) is 0 Å². The highest BCUT2D eigenvalue weighted by Crippen LogP contribution is 2.18. The summed E-state index contributed by atoms with van der Waals surface area (Å²) in [5, 5.41) is 1.74. The summed E-state index contributed by atoms with van der Waals surface area (Å²) in [7, 11) is -4.09. The molecule has 1 amide bonds. The fraction of sp³-hybridized carbons (Fsp3) is 0. The lowest BCUT2D eigenvalue weighted by atomic mass is 10.1. The Hall–Kier alpha value is -2.35. The van der Waals surface area contributed by atoms with Crippen molar-refractivity contribution in [3.63, 3.8) is 0 Å². The first-order valence-electron chi connectivity index (χ1n) is 6.83. The maximum absolute atomic E-state index is 10.8. The number of hydrogen-bond donors (Lipinski definition) is 3. The first-order valence-corrected chi connectivity index (χ1v) is 8.72. The van der Waals surface area contributed by atoms with E-state index in [0.717, 1.165) is 10.8 Å². The van der Waals surface area contributed by atoms with Crippen LogP contribution in [0.2, 0.25) is 0 Å². The molecule has 0 saturated carbocycles. The standard InChI is InChI=1S/C10H8O3S.C7H7NOS/c11-14(12,13)10-6-5-8-3-1-2-4-9(8)7-10;8-7(9)5-3-1-2-4-6(5)10/h1-7H,(H,11,12,13);1-4,10H,(H2,8,9). The number of primary amides is 1. The van der Waals surface area contributed by atoms with Crippen molar-refractivity contribution in [2.45, 2.75) is 9.79 Å². The fourth-order valence-corrected chi connectivity index (χ4v) is 2.80. The van der Waals surface area contributed by atoms with Crippen LogP contribution in [-0.2, 0) is 10.1 Å². The average molecular weight is 361 g/mol. The summed E-state index contributed by atoms with van der Waals surface area (Å²) >= 11 is 4.04. The van der Waals surface area contributed by atoms with Crippen molar-refractivity contribution in [1.82, 2.24) is 0 Å². The van der Waals surface area contributed by atoms with Gasteiger partial charge in [0.25, 0.3) is 10.1 Å².